The molecule has 1 heterocycles. The van der Waals surface area contributed by atoms with Crippen molar-refractivity contribution >= 4 is 16.5 Å². The van der Waals surface area contributed by atoms with E-state index in [1.807, 2.05) is 11.3 Å². The number of nitrogens with one attached hydrogen (secondary N) is 1. The molecule has 0 aromatic carbocycles. The van der Waals surface area contributed by atoms with Crippen molar-refractivity contribution in [2.24, 2.45) is 5.92 Å². The Morgan fingerprint density at radius 1 is 1.19 bits per heavy atom. The van der Waals surface area contributed by atoms with E-state index in [1.165, 1.54) is 17.0 Å². The van der Waals surface area contributed by atoms with E-state index in [0.29, 0.717) is 5.92 Å². The van der Waals surface area contributed by atoms with Crippen LogP contribution in [0.1, 0.15) is 71.4 Å². The second-order valence-electron chi connectivity index (χ2n) is 7.67. The molecule has 122 valence electrons. The van der Waals surface area contributed by atoms with Gasteiger partial charge in [0, 0.05) is 30.6 Å². The number of rotatable bonds is 7. The Hall–Kier alpha value is -0.610. The summed E-state index contributed by atoms with van der Waals surface area (Å²) < 4.78 is 0. The molecule has 0 fully saturated rings. The Morgan fingerprint density at radius 2 is 1.81 bits per heavy atom. The van der Waals surface area contributed by atoms with Crippen LogP contribution in [-0.4, -0.2) is 24.1 Å². The van der Waals surface area contributed by atoms with Crippen molar-refractivity contribution in [1.29, 1.82) is 0 Å². The Kier molecular flexibility index (Phi) is 6.67. The first-order valence-corrected chi connectivity index (χ1v) is 8.87. The van der Waals surface area contributed by atoms with E-state index in [0.717, 1.165) is 24.1 Å². The number of anilines is 1. The minimum Gasteiger partial charge on any atom is -0.351 e. The lowest BCUT2D eigenvalue weighted by Gasteiger charge is -2.20. The first kappa shape index (κ1) is 18.4. The van der Waals surface area contributed by atoms with Crippen LogP contribution in [0.3, 0.4) is 0 Å². The maximum absolute atomic E-state index is 4.89. The van der Waals surface area contributed by atoms with E-state index < -0.39 is 0 Å². The molecular weight excluding hydrogens is 278 g/mol. The van der Waals surface area contributed by atoms with Gasteiger partial charge in [0.1, 0.15) is 0 Å². The van der Waals surface area contributed by atoms with Gasteiger partial charge in [-0.25, -0.2) is 4.98 Å². The summed E-state index contributed by atoms with van der Waals surface area (Å²) in [6.07, 6.45) is 1.21. The van der Waals surface area contributed by atoms with Crippen LogP contribution in [0.2, 0.25) is 0 Å². The van der Waals surface area contributed by atoms with E-state index in [-0.39, 0.29) is 5.54 Å². The fourth-order valence-corrected chi connectivity index (χ4v) is 3.13. The highest BCUT2D eigenvalue weighted by Gasteiger charge is 2.18. The fraction of sp³-hybridized carbons (Fsp3) is 0.824. The summed E-state index contributed by atoms with van der Waals surface area (Å²) in [4.78, 5) is 8.58. The second kappa shape index (κ2) is 7.59. The lowest BCUT2D eigenvalue weighted by Crippen LogP contribution is -2.35. The maximum atomic E-state index is 4.89. The smallest absolute Gasteiger partial charge is 0.185 e. The van der Waals surface area contributed by atoms with Gasteiger partial charge >= 0.3 is 0 Å². The van der Waals surface area contributed by atoms with Crippen LogP contribution in [0, 0.1) is 5.92 Å². The number of aromatic nitrogens is 1. The summed E-state index contributed by atoms with van der Waals surface area (Å²) in [5.74, 6) is 1.21. The molecule has 0 saturated heterocycles. The van der Waals surface area contributed by atoms with E-state index >= 15 is 0 Å². The Balaban J connectivity index is 2.83. The molecule has 0 aliphatic carbocycles. The van der Waals surface area contributed by atoms with Crippen molar-refractivity contribution in [1.82, 2.24) is 10.3 Å². The Bertz CT molecular complexity index is 430. The minimum atomic E-state index is 0.141. The Labute approximate surface area is 135 Å². The molecule has 0 unspecified atom stereocenters. The van der Waals surface area contributed by atoms with Crippen LogP contribution in [0.25, 0.3) is 0 Å². The SMILES string of the molecule is CC(C)CCN(C)c1nc(C(C)C)c(CNC(C)(C)C)s1. The van der Waals surface area contributed by atoms with E-state index in [4.69, 9.17) is 4.98 Å². The van der Waals surface area contributed by atoms with Gasteiger partial charge in [0.2, 0.25) is 0 Å². The van der Waals surface area contributed by atoms with Crippen LogP contribution in [-0.2, 0) is 6.54 Å². The van der Waals surface area contributed by atoms with Crippen LogP contribution in [0.5, 0.6) is 0 Å². The van der Waals surface area contributed by atoms with Crippen molar-refractivity contribution in [3.8, 4) is 0 Å². The van der Waals surface area contributed by atoms with Gasteiger partial charge in [-0.15, -0.1) is 11.3 Å². The molecule has 0 bridgehead atoms. The highest BCUT2D eigenvalue weighted by Crippen LogP contribution is 2.30. The molecular formula is C17H33N3S. The van der Waals surface area contributed by atoms with Crippen molar-refractivity contribution < 1.29 is 0 Å². The maximum Gasteiger partial charge on any atom is 0.185 e. The van der Waals surface area contributed by atoms with Gasteiger partial charge in [-0.2, -0.15) is 0 Å². The number of hydrogen-bond donors (Lipinski definition) is 1. The highest BCUT2D eigenvalue weighted by molar-refractivity contribution is 7.15. The van der Waals surface area contributed by atoms with Gasteiger partial charge in [-0.3, -0.25) is 0 Å². The monoisotopic (exact) mass is 311 g/mol. The van der Waals surface area contributed by atoms with Crippen LogP contribution >= 0.6 is 11.3 Å². The molecule has 0 spiro atoms. The van der Waals surface area contributed by atoms with Crippen molar-refractivity contribution in [3.63, 3.8) is 0 Å². The summed E-state index contributed by atoms with van der Waals surface area (Å²) in [6, 6.07) is 0. The fourth-order valence-electron chi connectivity index (χ4n) is 1.98. The van der Waals surface area contributed by atoms with E-state index in [9.17, 15) is 0 Å². The topological polar surface area (TPSA) is 28.2 Å². The minimum absolute atomic E-state index is 0.141. The molecule has 0 aliphatic rings. The molecule has 21 heavy (non-hydrogen) atoms. The molecule has 1 aromatic rings. The molecule has 3 nitrogen and oxygen atoms in total. The predicted octanol–water partition coefficient (Wildman–Crippen LogP) is 4.64. The van der Waals surface area contributed by atoms with Crippen molar-refractivity contribution in [2.45, 2.75) is 72.9 Å². The van der Waals surface area contributed by atoms with E-state index in [2.05, 4.69) is 65.7 Å². The van der Waals surface area contributed by atoms with Gasteiger partial charge in [0.25, 0.3) is 0 Å². The molecule has 0 radical (unpaired) electrons. The summed E-state index contributed by atoms with van der Waals surface area (Å²) in [7, 11) is 2.16. The highest BCUT2D eigenvalue weighted by atomic mass is 32.1. The third-order valence-corrected chi connectivity index (χ3v) is 4.60. The van der Waals surface area contributed by atoms with Gasteiger partial charge in [-0.1, -0.05) is 27.7 Å². The zero-order valence-corrected chi connectivity index (χ0v) is 15.9. The molecule has 4 heteroatoms. The van der Waals surface area contributed by atoms with E-state index in [1.54, 1.807) is 0 Å². The standard InChI is InChI=1S/C17H33N3S/c1-12(2)9-10-20(8)16-19-15(13(3)4)14(21-16)11-18-17(5,6)7/h12-13,18H,9-11H2,1-8H3. The first-order valence-electron chi connectivity index (χ1n) is 8.06. The summed E-state index contributed by atoms with van der Waals surface area (Å²) in [6.45, 7) is 17.6. The van der Waals surface area contributed by atoms with Gasteiger partial charge < -0.3 is 10.2 Å². The van der Waals surface area contributed by atoms with Crippen molar-refractivity contribution in [3.05, 3.63) is 10.6 Å². The predicted molar refractivity (Wildman–Crippen MR) is 95.5 cm³/mol. The largest absolute Gasteiger partial charge is 0.351 e. The third-order valence-electron chi connectivity index (χ3n) is 3.41. The molecule has 1 N–H and O–H groups in total. The average Bonchev–Trinajstić information content (AvgIpc) is 2.77. The lowest BCUT2D eigenvalue weighted by molar-refractivity contribution is 0.425. The lowest BCUT2D eigenvalue weighted by atomic mass is 10.1. The molecule has 0 amide bonds. The summed E-state index contributed by atoms with van der Waals surface area (Å²) >= 11 is 1.84. The number of thiazole rings is 1. The molecule has 0 saturated carbocycles. The summed E-state index contributed by atoms with van der Waals surface area (Å²) in [5, 5.41) is 4.75. The van der Waals surface area contributed by atoms with Gasteiger partial charge in [0.15, 0.2) is 5.13 Å². The molecule has 1 aromatic heterocycles. The summed E-state index contributed by atoms with van der Waals surface area (Å²) in [5.41, 5.74) is 1.39. The van der Waals surface area contributed by atoms with Crippen molar-refractivity contribution in [2.75, 3.05) is 18.5 Å². The average molecular weight is 312 g/mol. The van der Waals surface area contributed by atoms with Gasteiger partial charge in [0.05, 0.1) is 5.69 Å². The van der Waals surface area contributed by atoms with Crippen LogP contribution in [0.15, 0.2) is 0 Å². The molecule has 0 aliphatic heterocycles. The first-order chi connectivity index (χ1) is 9.60. The number of nitrogens with zero attached hydrogens (tertiary/aromatic N) is 2. The van der Waals surface area contributed by atoms with Crippen LogP contribution < -0.4 is 10.2 Å². The van der Waals surface area contributed by atoms with Gasteiger partial charge in [-0.05, 0) is 39.0 Å². The molecule has 0 atom stereocenters. The Morgan fingerprint density at radius 3 is 2.29 bits per heavy atom. The molecule has 1 rings (SSSR count). The number of hydrogen-bond acceptors (Lipinski definition) is 4. The quantitative estimate of drug-likeness (QED) is 0.795. The zero-order valence-electron chi connectivity index (χ0n) is 15.1. The van der Waals surface area contributed by atoms with Crippen LogP contribution in [0.4, 0.5) is 5.13 Å². The normalized spacial score (nSPS) is 12.5. The zero-order chi connectivity index (χ0) is 16.2. The third kappa shape index (κ3) is 6.35. The second-order valence-corrected chi connectivity index (χ2v) is 8.73.